The predicted octanol–water partition coefficient (Wildman–Crippen LogP) is 2.61. The molecule has 2 rings (SSSR count). The first-order valence-corrected chi connectivity index (χ1v) is 6.21. The molecule has 0 aliphatic carbocycles. The molecular formula is C12H12N2O2S. The molecule has 2 aromatic rings. The van der Waals surface area contributed by atoms with E-state index in [4.69, 9.17) is 5.11 Å². The van der Waals surface area contributed by atoms with Crippen molar-refractivity contribution in [2.75, 3.05) is 0 Å². The van der Waals surface area contributed by atoms with Crippen molar-refractivity contribution >= 4 is 17.3 Å². The molecule has 0 unspecified atom stereocenters. The zero-order valence-corrected chi connectivity index (χ0v) is 9.98. The molecule has 5 heteroatoms. The van der Waals surface area contributed by atoms with Gasteiger partial charge in [0.05, 0.1) is 16.4 Å². The maximum Gasteiger partial charge on any atom is 0.303 e. The van der Waals surface area contributed by atoms with E-state index < -0.39 is 5.97 Å². The summed E-state index contributed by atoms with van der Waals surface area (Å²) in [5.74, 6) is -0.758. The van der Waals surface area contributed by atoms with Crippen LogP contribution in [0.15, 0.2) is 29.8 Å². The Labute approximate surface area is 103 Å². The molecular weight excluding hydrogens is 236 g/mol. The predicted molar refractivity (Wildman–Crippen MR) is 65.9 cm³/mol. The second-order valence-electron chi connectivity index (χ2n) is 3.59. The van der Waals surface area contributed by atoms with Gasteiger partial charge in [0.25, 0.3) is 0 Å². The van der Waals surface area contributed by atoms with Gasteiger partial charge in [-0.25, -0.2) is 4.98 Å². The van der Waals surface area contributed by atoms with Crippen molar-refractivity contribution in [1.82, 2.24) is 9.97 Å². The standard InChI is InChI=1S/C12H12N2O2S/c15-12(16)6-3-5-11-14-10(8-17-11)9-4-1-2-7-13-9/h1-2,4,7-8H,3,5-6H2,(H,15,16). The van der Waals surface area contributed by atoms with Crippen LogP contribution in [0.5, 0.6) is 0 Å². The molecule has 0 aliphatic rings. The van der Waals surface area contributed by atoms with Crippen LogP contribution in [0.3, 0.4) is 0 Å². The minimum Gasteiger partial charge on any atom is -0.481 e. The molecule has 0 radical (unpaired) electrons. The van der Waals surface area contributed by atoms with Crippen LogP contribution in [0, 0.1) is 0 Å². The minimum atomic E-state index is -0.758. The second kappa shape index (κ2) is 5.54. The van der Waals surface area contributed by atoms with Gasteiger partial charge in [0.2, 0.25) is 0 Å². The summed E-state index contributed by atoms with van der Waals surface area (Å²) < 4.78 is 0. The number of carboxylic acids is 1. The number of rotatable bonds is 5. The smallest absolute Gasteiger partial charge is 0.303 e. The molecule has 1 N–H and O–H groups in total. The highest BCUT2D eigenvalue weighted by atomic mass is 32.1. The Morgan fingerprint density at radius 2 is 2.24 bits per heavy atom. The van der Waals surface area contributed by atoms with Crippen LogP contribution >= 0.6 is 11.3 Å². The lowest BCUT2D eigenvalue weighted by atomic mass is 10.2. The zero-order valence-electron chi connectivity index (χ0n) is 9.17. The third-order valence-corrected chi connectivity index (χ3v) is 3.17. The van der Waals surface area contributed by atoms with E-state index in [-0.39, 0.29) is 6.42 Å². The van der Waals surface area contributed by atoms with Crippen LogP contribution in [0.1, 0.15) is 17.8 Å². The van der Waals surface area contributed by atoms with Gasteiger partial charge in [-0.3, -0.25) is 9.78 Å². The Morgan fingerprint density at radius 3 is 2.94 bits per heavy atom. The second-order valence-corrected chi connectivity index (χ2v) is 4.53. The number of aryl methyl sites for hydroxylation is 1. The molecule has 0 fully saturated rings. The van der Waals surface area contributed by atoms with Crippen LogP contribution in [0.2, 0.25) is 0 Å². The van der Waals surface area contributed by atoms with E-state index in [0.29, 0.717) is 12.8 Å². The summed E-state index contributed by atoms with van der Waals surface area (Å²) in [4.78, 5) is 19.1. The maximum atomic E-state index is 10.4. The van der Waals surface area contributed by atoms with Gasteiger partial charge in [-0.1, -0.05) is 6.07 Å². The van der Waals surface area contributed by atoms with Crippen molar-refractivity contribution in [2.45, 2.75) is 19.3 Å². The highest BCUT2D eigenvalue weighted by molar-refractivity contribution is 7.09. The van der Waals surface area contributed by atoms with Crippen LogP contribution in [0.25, 0.3) is 11.4 Å². The number of nitrogens with zero attached hydrogens (tertiary/aromatic N) is 2. The van der Waals surface area contributed by atoms with E-state index in [2.05, 4.69) is 9.97 Å². The lowest BCUT2D eigenvalue weighted by Crippen LogP contribution is -1.95. The lowest BCUT2D eigenvalue weighted by molar-refractivity contribution is -0.137. The minimum absolute atomic E-state index is 0.193. The molecule has 88 valence electrons. The SMILES string of the molecule is O=C(O)CCCc1nc(-c2ccccn2)cs1. The molecule has 0 bridgehead atoms. The molecule has 0 aliphatic heterocycles. The topological polar surface area (TPSA) is 63.1 Å². The summed E-state index contributed by atoms with van der Waals surface area (Å²) >= 11 is 1.55. The summed E-state index contributed by atoms with van der Waals surface area (Å²) in [5.41, 5.74) is 1.72. The van der Waals surface area contributed by atoms with E-state index in [0.717, 1.165) is 16.4 Å². The van der Waals surface area contributed by atoms with Gasteiger partial charge in [0.1, 0.15) is 0 Å². The van der Waals surface area contributed by atoms with Gasteiger partial charge < -0.3 is 5.11 Å². The first-order chi connectivity index (χ1) is 8.25. The third kappa shape index (κ3) is 3.35. The highest BCUT2D eigenvalue weighted by Gasteiger charge is 2.05. The lowest BCUT2D eigenvalue weighted by Gasteiger charge is -1.94. The normalized spacial score (nSPS) is 10.4. The third-order valence-electron chi connectivity index (χ3n) is 2.26. The van der Waals surface area contributed by atoms with E-state index in [1.807, 2.05) is 23.6 Å². The summed E-state index contributed by atoms with van der Waals surface area (Å²) in [7, 11) is 0. The number of aliphatic carboxylic acids is 1. The Bertz CT molecular complexity index is 496. The number of aromatic nitrogens is 2. The van der Waals surface area contributed by atoms with Crippen molar-refractivity contribution in [3.63, 3.8) is 0 Å². The van der Waals surface area contributed by atoms with Gasteiger partial charge in [-0.2, -0.15) is 0 Å². The van der Waals surface area contributed by atoms with E-state index in [9.17, 15) is 4.79 Å². The van der Waals surface area contributed by atoms with Crippen molar-refractivity contribution in [3.05, 3.63) is 34.8 Å². The van der Waals surface area contributed by atoms with Gasteiger partial charge in [-0.15, -0.1) is 11.3 Å². The number of thiazole rings is 1. The largest absolute Gasteiger partial charge is 0.481 e. The van der Waals surface area contributed by atoms with Crippen molar-refractivity contribution in [3.8, 4) is 11.4 Å². The van der Waals surface area contributed by atoms with Gasteiger partial charge in [0.15, 0.2) is 0 Å². The fraction of sp³-hybridized carbons (Fsp3) is 0.250. The van der Waals surface area contributed by atoms with Crippen LogP contribution < -0.4 is 0 Å². The van der Waals surface area contributed by atoms with E-state index >= 15 is 0 Å². The number of carboxylic acid groups (broad SMARTS) is 1. The van der Waals surface area contributed by atoms with Gasteiger partial charge >= 0.3 is 5.97 Å². The Hall–Kier alpha value is -1.75. The summed E-state index contributed by atoms with van der Waals surface area (Å²) in [6.45, 7) is 0. The fourth-order valence-electron chi connectivity index (χ4n) is 1.45. The number of carbonyl (C=O) groups is 1. The fourth-order valence-corrected chi connectivity index (χ4v) is 2.28. The van der Waals surface area contributed by atoms with Gasteiger partial charge in [-0.05, 0) is 25.0 Å². The molecule has 0 saturated heterocycles. The molecule has 4 nitrogen and oxygen atoms in total. The number of hydrogen-bond acceptors (Lipinski definition) is 4. The maximum absolute atomic E-state index is 10.4. The van der Waals surface area contributed by atoms with Crippen LogP contribution in [-0.2, 0) is 11.2 Å². The molecule has 0 saturated carbocycles. The molecule has 0 spiro atoms. The van der Waals surface area contributed by atoms with Crippen molar-refractivity contribution < 1.29 is 9.90 Å². The average molecular weight is 248 g/mol. The van der Waals surface area contributed by atoms with Crippen molar-refractivity contribution in [2.24, 2.45) is 0 Å². The molecule has 0 aromatic carbocycles. The molecule has 17 heavy (non-hydrogen) atoms. The van der Waals surface area contributed by atoms with Crippen LogP contribution in [0.4, 0.5) is 0 Å². The molecule has 2 heterocycles. The Kier molecular flexibility index (Phi) is 3.82. The number of pyridine rings is 1. The quantitative estimate of drug-likeness (QED) is 0.883. The molecule has 0 atom stereocenters. The van der Waals surface area contributed by atoms with Crippen molar-refractivity contribution in [1.29, 1.82) is 0 Å². The van der Waals surface area contributed by atoms with E-state index in [1.165, 1.54) is 0 Å². The Morgan fingerprint density at radius 1 is 1.35 bits per heavy atom. The zero-order chi connectivity index (χ0) is 12.1. The first-order valence-electron chi connectivity index (χ1n) is 5.33. The van der Waals surface area contributed by atoms with Crippen LogP contribution in [-0.4, -0.2) is 21.0 Å². The summed E-state index contributed by atoms with van der Waals surface area (Å²) in [6, 6.07) is 5.70. The number of hydrogen-bond donors (Lipinski definition) is 1. The monoisotopic (exact) mass is 248 g/mol. The van der Waals surface area contributed by atoms with Gasteiger partial charge in [0, 0.05) is 18.0 Å². The molecule has 0 amide bonds. The Balaban J connectivity index is 1.99. The summed E-state index contributed by atoms with van der Waals surface area (Å²) in [5, 5.41) is 11.5. The first kappa shape index (κ1) is 11.7. The van der Waals surface area contributed by atoms with E-state index in [1.54, 1.807) is 17.5 Å². The summed E-state index contributed by atoms with van der Waals surface area (Å²) in [6.07, 6.45) is 3.27. The average Bonchev–Trinajstić information content (AvgIpc) is 2.78. The highest BCUT2D eigenvalue weighted by Crippen LogP contribution is 2.20. The molecule has 2 aromatic heterocycles.